The number of primary amides is 1. The van der Waals surface area contributed by atoms with E-state index in [1.54, 1.807) is 0 Å². The molecule has 0 heterocycles. The minimum Gasteiger partial charge on any atom is -0.480 e. The topological polar surface area (TPSA) is 216 Å². The highest BCUT2D eigenvalue weighted by molar-refractivity contribution is 5.83. The molecule has 0 aromatic heterocycles. The van der Waals surface area contributed by atoms with Gasteiger partial charge in [-0.05, 0) is 0 Å². The third-order valence-electron chi connectivity index (χ3n) is 0.913. The maximum atomic E-state index is 9.99. The quantitative estimate of drug-likeness (QED) is 0.243. The van der Waals surface area contributed by atoms with Crippen molar-refractivity contribution < 1.29 is 29.8 Å². The summed E-state index contributed by atoms with van der Waals surface area (Å²) in [5.41, 5.74) is 14.1. The number of hydrogen-bond donors (Lipinski definition) is 7. The smallest absolute Gasteiger partial charge is 0.321 e. The van der Waals surface area contributed by atoms with Crippen molar-refractivity contribution in [1.29, 1.82) is 0 Å². The summed E-state index contributed by atoms with van der Waals surface area (Å²) in [4.78, 5) is 29.1. The zero-order chi connectivity index (χ0) is 13.7. The number of aliphatic carboxylic acids is 2. The second kappa shape index (κ2) is 13.2. The molecule has 0 saturated heterocycles. The van der Waals surface area contributed by atoms with Crippen LogP contribution >= 0.6 is 0 Å². The van der Waals surface area contributed by atoms with Crippen LogP contribution in [0.15, 0.2) is 0 Å². The van der Waals surface area contributed by atoms with E-state index < -0.39 is 23.9 Å². The van der Waals surface area contributed by atoms with E-state index in [1.165, 1.54) is 0 Å². The van der Waals surface area contributed by atoms with Crippen LogP contribution in [0, 0.1) is 0 Å². The van der Waals surface area contributed by atoms with Crippen LogP contribution in [0.25, 0.3) is 0 Å². The summed E-state index contributed by atoms with van der Waals surface area (Å²) in [6.07, 6.45) is -0.310. The van der Waals surface area contributed by atoms with Crippen molar-refractivity contribution in [3.05, 3.63) is 0 Å². The molecule has 0 saturated carbocycles. The lowest BCUT2D eigenvalue weighted by molar-refractivity contribution is -0.140. The molecule has 1 atom stereocenters. The maximum absolute atomic E-state index is 9.99. The van der Waals surface area contributed by atoms with Gasteiger partial charge in [0, 0.05) is 0 Å². The van der Waals surface area contributed by atoms with Crippen molar-refractivity contribution in [2.24, 2.45) is 23.1 Å². The summed E-state index contributed by atoms with van der Waals surface area (Å²) < 4.78 is 0. The van der Waals surface area contributed by atoms with Gasteiger partial charge in [0.05, 0.1) is 13.0 Å². The lowest BCUT2D eigenvalue weighted by Crippen LogP contribution is -2.34. The summed E-state index contributed by atoms with van der Waals surface area (Å²) in [6, 6.07) is -1.16. The van der Waals surface area contributed by atoms with Crippen LogP contribution in [-0.2, 0) is 14.4 Å². The monoisotopic (exact) mass is 240 g/mol. The molecule has 1 amide bonds. The highest BCUT2D eigenvalue weighted by atomic mass is 16.4. The average Bonchev–Trinajstić information content (AvgIpc) is 2.20. The molecular weight excluding hydrogens is 224 g/mol. The van der Waals surface area contributed by atoms with Gasteiger partial charge >= 0.3 is 11.9 Å². The van der Waals surface area contributed by atoms with Gasteiger partial charge in [0.1, 0.15) is 6.04 Å². The summed E-state index contributed by atoms with van der Waals surface area (Å²) in [6.45, 7) is -0.278. The van der Waals surface area contributed by atoms with Gasteiger partial charge in [-0.15, -0.1) is 0 Å². The Labute approximate surface area is 90.8 Å². The molecule has 11 N–H and O–H groups in total. The van der Waals surface area contributed by atoms with E-state index in [0.717, 1.165) is 0 Å². The zero-order valence-electron chi connectivity index (χ0n) is 8.37. The zero-order valence-corrected chi connectivity index (χ0v) is 8.37. The number of carbonyl (C=O) groups is 3. The Morgan fingerprint density at radius 3 is 1.50 bits per heavy atom. The predicted octanol–water partition coefficient (Wildman–Crippen LogP) is -3.36. The molecule has 10 heteroatoms. The molecule has 0 aromatic rings. The van der Waals surface area contributed by atoms with Crippen LogP contribution in [0.1, 0.15) is 6.42 Å². The average molecular weight is 240 g/mol. The SMILES string of the molecule is NC(=O)CC(N)C(=O)O.NCC(=O)O.NO. The van der Waals surface area contributed by atoms with Gasteiger partial charge < -0.3 is 32.6 Å². The molecule has 0 aromatic carbocycles. The van der Waals surface area contributed by atoms with Gasteiger partial charge in [0.15, 0.2) is 0 Å². The Bertz CT molecular complexity index is 221. The van der Waals surface area contributed by atoms with Crippen LogP contribution in [-0.4, -0.2) is 45.9 Å². The van der Waals surface area contributed by atoms with Gasteiger partial charge in [-0.25, -0.2) is 5.90 Å². The van der Waals surface area contributed by atoms with Gasteiger partial charge in [0.25, 0.3) is 0 Å². The Morgan fingerprint density at radius 1 is 1.12 bits per heavy atom. The van der Waals surface area contributed by atoms with Gasteiger partial charge in [0.2, 0.25) is 5.91 Å². The Hall–Kier alpha value is -1.75. The Kier molecular flexibility index (Phi) is 16.4. The number of nitrogens with two attached hydrogens (primary N) is 4. The number of rotatable bonds is 4. The minimum atomic E-state index is -1.21. The number of carbonyl (C=O) groups excluding carboxylic acids is 1. The van der Waals surface area contributed by atoms with Crippen molar-refractivity contribution >= 4 is 17.8 Å². The third-order valence-corrected chi connectivity index (χ3v) is 0.913. The predicted molar refractivity (Wildman–Crippen MR) is 52.1 cm³/mol. The van der Waals surface area contributed by atoms with Crippen molar-refractivity contribution in [2.45, 2.75) is 12.5 Å². The fourth-order valence-electron chi connectivity index (χ4n) is 0.304. The largest absolute Gasteiger partial charge is 0.480 e. The number of hydrogen-bond acceptors (Lipinski definition) is 7. The first-order valence-corrected chi connectivity index (χ1v) is 3.75. The molecule has 96 valence electrons. The van der Waals surface area contributed by atoms with Gasteiger partial charge in [-0.2, -0.15) is 0 Å². The number of carboxylic acids is 2. The summed E-state index contributed by atoms with van der Waals surface area (Å²) in [7, 11) is 0. The maximum Gasteiger partial charge on any atom is 0.321 e. The molecule has 0 bridgehead atoms. The molecule has 0 radical (unpaired) electrons. The molecular formula is C6H16N4O6. The molecule has 0 aliphatic rings. The highest BCUT2D eigenvalue weighted by Crippen LogP contribution is 1.84. The molecule has 0 aliphatic carbocycles. The number of carboxylic acid groups (broad SMARTS) is 2. The summed E-state index contributed by atoms with van der Waals surface area (Å²) in [5, 5.41) is 22.2. The first-order valence-electron chi connectivity index (χ1n) is 3.75. The van der Waals surface area contributed by atoms with Crippen molar-refractivity contribution in [3.8, 4) is 0 Å². The van der Waals surface area contributed by atoms with E-state index in [0.29, 0.717) is 0 Å². The molecule has 0 rings (SSSR count). The van der Waals surface area contributed by atoms with Crippen LogP contribution in [0.5, 0.6) is 0 Å². The fraction of sp³-hybridized carbons (Fsp3) is 0.500. The second-order valence-corrected chi connectivity index (χ2v) is 2.21. The number of amides is 1. The van der Waals surface area contributed by atoms with Crippen LogP contribution in [0.2, 0.25) is 0 Å². The van der Waals surface area contributed by atoms with E-state index in [9.17, 15) is 14.4 Å². The lowest BCUT2D eigenvalue weighted by Gasteiger charge is -1.99. The van der Waals surface area contributed by atoms with Crippen LogP contribution in [0.3, 0.4) is 0 Å². The Morgan fingerprint density at radius 2 is 1.44 bits per heavy atom. The third kappa shape index (κ3) is 22.8. The lowest BCUT2D eigenvalue weighted by atomic mass is 10.2. The molecule has 16 heavy (non-hydrogen) atoms. The van der Waals surface area contributed by atoms with E-state index >= 15 is 0 Å². The fourth-order valence-corrected chi connectivity index (χ4v) is 0.304. The highest BCUT2D eigenvalue weighted by Gasteiger charge is 2.13. The molecule has 0 aliphatic heterocycles. The first-order chi connectivity index (χ1) is 7.31. The van der Waals surface area contributed by atoms with Crippen molar-refractivity contribution in [1.82, 2.24) is 0 Å². The van der Waals surface area contributed by atoms with Crippen LogP contribution in [0.4, 0.5) is 0 Å². The minimum absolute atomic E-state index is 0.278. The molecule has 0 fully saturated rings. The van der Waals surface area contributed by atoms with Crippen LogP contribution < -0.4 is 23.1 Å². The molecule has 1 unspecified atom stereocenters. The molecule has 10 nitrogen and oxygen atoms in total. The van der Waals surface area contributed by atoms with Crippen molar-refractivity contribution in [2.75, 3.05) is 6.54 Å². The van der Waals surface area contributed by atoms with E-state index in [-0.39, 0.29) is 13.0 Å². The Balaban J connectivity index is -0.000000205. The van der Waals surface area contributed by atoms with E-state index in [4.69, 9.17) is 21.2 Å². The second-order valence-electron chi connectivity index (χ2n) is 2.21. The standard InChI is InChI=1S/C4H8N2O3.C2H5NO2.H3NO/c5-2(4(8)9)1-3(6)7;3-1-2(4)5;1-2/h2H,1,5H2,(H2,6,7)(H,8,9);1,3H2,(H,4,5);2H,1H2. The normalized spacial score (nSPS) is 9.75. The summed E-state index contributed by atoms with van der Waals surface area (Å²) >= 11 is 0. The van der Waals surface area contributed by atoms with Crippen molar-refractivity contribution in [3.63, 3.8) is 0 Å². The first kappa shape index (κ1) is 19.8. The van der Waals surface area contributed by atoms with E-state index in [2.05, 4.69) is 17.4 Å². The molecule has 0 spiro atoms. The van der Waals surface area contributed by atoms with Gasteiger partial charge in [-0.1, -0.05) is 0 Å². The van der Waals surface area contributed by atoms with Gasteiger partial charge in [-0.3, -0.25) is 14.4 Å². The van der Waals surface area contributed by atoms with E-state index in [1.807, 2.05) is 0 Å². The summed E-state index contributed by atoms with van der Waals surface area (Å²) in [5.74, 6) is 0.615.